The molecule has 0 atom stereocenters. The van der Waals surface area contributed by atoms with Gasteiger partial charge in [0, 0.05) is 0 Å². The molecule has 2 rings (SSSR count). The summed E-state index contributed by atoms with van der Waals surface area (Å²) in [5.74, 6) is 1.26. The predicted octanol–water partition coefficient (Wildman–Crippen LogP) is 4.50. The number of hydrogen-bond donors (Lipinski definition) is 0. The van der Waals surface area contributed by atoms with Crippen LogP contribution in [0.3, 0.4) is 0 Å². The molecule has 0 aromatic heterocycles. The van der Waals surface area contributed by atoms with Crippen LogP contribution < -0.4 is 0 Å². The van der Waals surface area contributed by atoms with Gasteiger partial charge in [0.15, 0.2) is 0 Å². The zero-order chi connectivity index (χ0) is 11.0. The van der Waals surface area contributed by atoms with Crippen LogP contribution in [0.1, 0.15) is 61.8 Å². The molecule has 0 saturated carbocycles. The maximum absolute atomic E-state index is 2.41. The molecule has 0 fully saturated rings. The summed E-state index contributed by atoms with van der Waals surface area (Å²) in [5.41, 5.74) is 5.99. The first-order chi connectivity index (χ1) is 7.09. The Balaban J connectivity index is 2.55. The second-order valence-electron chi connectivity index (χ2n) is 5.10. The highest BCUT2D eigenvalue weighted by Crippen LogP contribution is 2.32. The highest BCUT2D eigenvalue weighted by atomic mass is 14.2. The Kier molecular flexibility index (Phi) is 2.68. The molecule has 1 aromatic carbocycles. The Morgan fingerprint density at radius 1 is 0.933 bits per heavy atom. The van der Waals surface area contributed by atoms with Crippen molar-refractivity contribution in [1.82, 2.24) is 0 Å². The third-order valence-electron chi connectivity index (χ3n) is 3.22. The van der Waals surface area contributed by atoms with Crippen LogP contribution in [0, 0.1) is 0 Å². The summed E-state index contributed by atoms with van der Waals surface area (Å²) < 4.78 is 0. The second-order valence-corrected chi connectivity index (χ2v) is 5.10. The van der Waals surface area contributed by atoms with Crippen molar-refractivity contribution < 1.29 is 0 Å². The lowest BCUT2D eigenvalue weighted by Crippen LogP contribution is -2.00. The first-order valence-corrected chi connectivity index (χ1v) is 5.93. The van der Waals surface area contributed by atoms with Crippen molar-refractivity contribution in [3.8, 4) is 0 Å². The Bertz CT molecular complexity index is 395. The minimum absolute atomic E-state index is 0.627. The lowest BCUT2D eigenvalue weighted by Gasteiger charge is -2.18. The zero-order valence-corrected chi connectivity index (χ0v) is 10.2. The first-order valence-electron chi connectivity index (χ1n) is 5.93. The molecule has 0 N–H and O–H groups in total. The lowest BCUT2D eigenvalue weighted by molar-refractivity contribution is 0.788. The third kappa shape index (κ3) is 1.86. The fraction of sp³-hybridized carbons (Fsp3) is 0.467. The molecule has 0 saturated heterocycles. The van der Waals surface area contributed by atoms with E-state index in [1.54, 1.807) is 0 Å². The molecular weight excluding hydrogens is 180 g/mol. The van der Waals surface area contributed by atoms with E-state index in [-0.39, 0.29) is 0 Å². The molecular formula is C15H20. The van der Waals surface area contributed by atoms with Gasteiger partial charge in [-0.15, -0.1) is 0 Å². The van der Waals surface area contributed by atoms with Crippen molar-refractivity contribution in [2.75, 3.05) is 0 Å². The summed E-state index contributed by atoms with van der Waals surface area (Å²) >= 11 is 0. The summed E-state index contributed by atoms with van der Waals surface area (Å²) in [6.07, 6.45) is 5.64. The van der Waals surface area contributed by atoms with Crippen molar-refractivity contribution in [3.63, 3.8) is 0 Å². The molecule has 0 heteroatoms. The minimum Gasteiger partial charge on any atom is -0.0795 e. The van der Waals surface area contributed by atoms with E-state index in [1.807, 2.05) is 0 Å². The van der Waals surface area contributed by atoms with Gasteiger partial charge in [0.1, 0.15) is 0 Å². The van der Waals surface area contributed by atoms with Gasteiger partial charge in [-0.25, -0.2) is 0 Å². The van der Waals surface area contributed by atoms with Crippen molar-refractivity contribution in [1.29, 1.82) is 0 Å². The van der Waals surface area contributed by atoms with E-state index in [0.717, 1.165) is 6.42 Å². The van der Waals surface area contributed by atoms with Crippen LogP contribution in [0.5, 0.6) is 0 Å². The van der Waals surface area contributed by atoms with E-state index in [2.05, 4.69) is 52.0 Å². The van der Waals surface area contributed by atoms with E-state index in [9.17, 15) is 0 Å². The van der Waals surface area contributed by atoms with Crippen LogP contribution in [-0.4, -0.2) is 0 Å². The van der Waals surface area contributed by atoms with Crippen molar-refractivity contribution in [2.24, 2.45) is 0 Å². The molecule has 1 aliphatic carbocycles. The van der Waals surface area contributed by atoms with Crippen LogP contribution in [0.25, 0.3) is 6.08 Å². The maximum atomic E-state index is 2.41. The average Bonchev–Trinajstić information content (AvgIpc) is 2.61. The quantitative estimate of drug-likeness (QED) is 0.659. The van der Waals surface area contributed by atoms with Gasteiger partial charge in [-0.1, -0.05) is 52.0 Å². The van der Waals surface area contributed by atoms with E-state index < -0.39 is 0 Å². The van der Waals surface area contributed by atoms with E-state index in [4.69, 9.17) is 0 Å². The van der Waals surface area contributed by atoms with E-state index in [0.29, 0.717) is 11.8 Å². The summed E-state index contributed by atoms with van der Waals surface area (Å²) in [5, 5.41) is 0. The molecule has 0 radical (unpaired) electrons. The Hall–Kier alpha value is -1.04. The van der Waals surface area contributed by atoms with Crippen LogP contribution in [0.2, 0.25) is 0 Å². The highest BCUT2D eigenvalue weighted by molar-refractivity contribution is 5.62. The van der Waals surface area contributed by atoms with Crippen LogP contribution in [-0.2, 0) is 6.42 Å². The van der Waals surface area contributed by atoms with Crippen molar-refractivity contribution in [2.45, 2.75) is 46.0 Å². The molecule has 1 aromatic rings. The summed E-state index contributed by atoms with van der Waals surface area (Å²) in [4.78, 5) is 0. The molecule has 0 bridgehead atoms. The molecule has 0 spiro atoms. The van der Waals surface area contributed by atoms with Gasteiger partial charge in [0.05, 0.1) is 0 Å². The monoisotopic (exact) mass is 200 g/mol. The number of hydrogen-bond acceptors (Lipinski definition) is 0. The number of allylic oxidation sites excluding steroid dienone is 1. The second kappa shape index (κ2) is 3.84. The van der Waals surface area contributed by atoms with Gasteiger partial charge in [-0.05, 0) is 40.5 Å². The molecule has 1 aliphatic rings. The predicted molar refractivity (Wildman–Crippen MR) is 67.4 cm³/mol. The van der Waals surface area contributed by atoms with E-state index >= 15 is 0 Å². The van der Waals surface area contributed by atoms with Crippen LogP contribution >= 0.6 is 0 Å². The fourth-order valence-corrected chi connectivity index (χ4v) is 2.34. The third-order valence-corrected chi connectivity index (χ3v) is 3.22. The Labute approximate surface area is 93.0 Å². The number of benzene rings is 1. The molecule has 0 heterocycles. The molecule has 15 heavy (non-hydrogen) atoms. The highest BCUT2D eigenvalue weighted by Gasteiger charge is 2.14. The van der Waals surface area contributed by atoms with Gasteiger partial charge < -0.3 is 0 Å². The number of rotatable bonds is 2. The largest absolute Gasteiger partial charge is 0.0795 e. The Morgan fingerprint density at radius 3 is 2.13 bits per heavy atom. The SMILES string of the molecule is CC(C)c1cc2c(cc1C(C)C)CC=C2. The van der Waals surface area contributed by atoms with E-state index in [1.165, 1.54) is 22.3 Å². The van der Waals surface area contributed by atoms with Crippen molar-refractivity contribution >= 4 is 6.08 Å². The molecule has 0 unspecified atom stereocenters. The summed E-state index contributed by atoms with van der Waals surface area (Å²) in [6.45, 7) is 9.14. The summed E-state index contributed by atoms with van der Waals surface area (Å²) in [6, 6.07) is 4.80. The standard InChI is InChI=1S/C15H20/c1-10(2)14-8-12-6-5-7-13(12)9-15(14)11(3)4/h5-6,8-11H,7H2,1-4H3. The number of fused-ring (bicyclic) bond motifs is 1. The van der Waals surface area contributed by atoms with Gasteiger partial charge >= 0.3 is 0 Å². The molecule has 0 amide bonds. The fourth-order valence-electron chi connectivity index (χ4n) is 2.34. The smallest absolute Gasteiger partial charge is 0.00881 e. The lowest BCUT2D eigenvalue weighted by atomic mass is 9.87. The Morgan fingerprint density at radius 2 is 1.53 bits per heavy atom. The summed E-state index contributed by atoms with van der Waals surface area (Å²) in [7, 11) is 0. The molecule has 0 nitrogen and oxygen atoms in total. The van der Waals surface area contributed by atoms with Crippen molar-refractivity contribution in [3.05, 3.63) is 40.5 Å². The average molecular weight is 200 g/mol. The maximum Gasteiger partial charge on any atom is -0.00881 e. The van der Waals surface area contributed by atoms with Crippen LogP contribution in [0.15, 0.2) is 18.2 Å². The van der Waals surface area contributed by atoms with Crippen LogP contribution in [0.4, 0.5) is 0 Å². The van der Waals surface area contributed by atoms with Gasteiger partial charge in [0.2, 0.25) is 0 Å². The zero-order valence-electron chi connectivity index (χ0n) is 10.2. The topological polar surface area (TPSA) is 0 Å². The van der Waals surface area contributed by atoms with Gasteiger partial charge in [-0.3, -0.25) is 0 Å². The minimum atomic E-state index is 0.627. The normalized spacial score (nSPS) is 14.0. The molecule has 0 aliphatic heterocycles. The van der Waals surface area contributed by atoms with Gasteiger partial charge in [0.25, 0.3) is 0 Å². The molecule has 80 valence electrons. The van der Waals surface area contributed by atoms with Gasteiger partial charge in [-0.2, -0.15) is 0 Å². The first kappa shape index (κ1) is 10.5.